The Bertz CT molecular complexity index is 556. The van der Waals surface area contributed by atoms with Gasteiger partial charge in [-0.1, -0.05) is 18.1 Å². The maximum atomic E-state index is 12.2. The average molecular weight is 270 g/mol. The smallest absolute Gasteiger partial charge is 0.313 e. The summed E-state index contributed by atoms with van der Waals surface area (Å²) in [6.45, 7) is 2.50. The number of nitrogens with zero attached hydrogens (tertiary/aromatic N) is 1. The molecule has 0 bridgehead atoms. The standard InChI is InChI=1S/C16H18N2O2/c1-3-9-18(11-13-7-8-13)16(20)17-15-6-4-5-14(10-15)12(2)19/h1,4-6,10,13H,7-9,11H2,2H3,(H,17,20). The monoisotopic (exact) mass is 270 g/mol. The predicted molar refractivity (Wildman–Crippen MR) is 78.6 cm³/mol. The average Bonchev–Trinajstić information content (AvgIpc) is 3.22. The van der Waals surface area contributed by atoms with Crippen LogP contribution in [0.4, 0.5) is 10.5 Å². The highest BCUT2D eigenvalue weighted by molar-refractivity contribution is 5.96. The molecule has 0 radical (unpaired) electrons. The first kappa shape index (κ1) is 14.1. The van der Waals surface area contributed by atoms with Gasteiger partial charge in [0, 0.05) is 17.8 Å². The zero-order valence-electron chi connectivity index (χ0n) is 11.6. The summed E-state index contributed by atoms with van der Waals surface area (Å²) in [4.78, 5) is 25.1. The first-order valence-corrected chi connectivity index (χ1v) is 6.70. The van der Waals surface area contributed by atoms with Crippen molar-refractivity contribution >= 4 is 17.5 Å². The number of amides is 2. The van der Waals surface area contributed by atoms with E-state index >= 15 is 0 Å². The maximum absolute atomic E-state index is 12.2. The maximum Gasteiger partial charge on any atom is 0.322 e. The molecule has 0 atom stereocenters. The van der Waals surface area contributed by atoms with Crippen molar-refractivity contribution in [2.75, 3.05) is 18.4 Å². The molecule has 4 nitrogen and oxygen atoms in total. The quantitative estimate of drug-likeness (QED) is 0.660. The third-order valence-corrected chi connectivity index (χ3v) is 3.27. The number of ketones is 1. The van der Waals surface area contributed by atoms with E-state index < -0.39 is 0 Å². The van der Waals surface area contributed by atoms with E-state index in [9.17, 15) is 9.59 Å². The fraction of sp³-hybridized carbons (Fsp3) is 0.375. The zero-order chi connectivity index (χ0) is 14.5. The molecule has 1 N–H and O–H groups in total. The highest BCUT2D eigenvalue weighted by Gasteiger charge is 2.26. The SMILES string of the molecule is C#CCN(CC1CC1)C(=O)Nc1cccc(C(C)=O)c1. The minimum Gasteiger partial charge on any atom is -0.313 e. The molecule has 1 aliphatic carbocycles. The Morgan fingerprint density at radius 2 is 2.20 bits per heavy atom. The van der Waals surface area contributed by atoms with Crippen LogP contribution in [-0.4, -0.2) is 29.8 Å². The Hall–Kier alpha value is -2.28. The largest absolute Gasteiger partial charge is 0.322 e. The zero-order valence-corrected chi connectivity index (χ0v) is 11.6. The third-order valence-electron chi connectivity index (χ3n) is 3.27. The number of benzene rings is 1. The van der Waals surface area contributed by atoms with E-state index in [4.69, 9.17) is 6.42 Å². The van der Waals surface area contributed by atoms with Crippen LogP contribution in [0.5, 0.6) is 0 Å². The number of carbonyl (C=O) groups excluding carboxylic acids is 2. The van der Waals surface area contributed by atoms with E-state index in [0.717, 1.165) is 12.8 Å². The molecule has 1 aromatic rings. The first-order valence-electron chi connectivity index (χ1n) is 6.70. The fourth-order valence-electron chi connectivity index (χ4n) is 1.96. The number of terminal acetylenes is 1. The molecule has 0 spiro atoms. The first-order chi connectivity index (χ1) is 9.60. The molecule has 0 heterocycles. The molecule has 4 heteroatoms. The second-order valence-corrected chi connectivity index (χ2v) is 5.10. The molecule has 1 fully saturated rings. The van der Waals surface area contributed by atoms with E-state index in [1.54, 1.807) is 29.2 Å². The Balaban J connectivity index is 2.03. The van der Waals surface area contributed by atoms with Crippen molar-refractivity contribution in [1.82, 2.24) is 4.90 Å². The van der Waals surface area contributed by atoms with Crippen LogP contribution in [0.3, 0.4) is 0 Å². The van der Waals surface area contributed by atoms with E-state index in [1.807, 2.05) is 0 Å². The molecule has 2 amide bonds. The van der Waals surface area contributed by atoms with Crippen LogP contribution in [0, 0.1) is 18.3 Å². The number of Topliss-reactive ketones (excluding diaryl/α,β-unsaturated/α-hetero) is 1. The van der Waals surface area contributed by atoms with Gasteiger partial charge < -0.3 is 10.2 Å². The Morgan fingerprint density at radius 1 is 1.45 bits per heavy atom. The van der Waals surface area contributed by atoms with Gasteiger partial charge in [0.1, 0.15) is 0 Å². The lowest BCUT2D eigenvalue weighted by molar-refractivity contribution is 0.101. The van der Waals surface area contributed by atoms with Crippen molar-refractivity contribution in [2.45, 2.75) is 19.8 Å². The summed E-state index contributed by atoms with van der Waals surface area (Å²) < 4.78 is 0. The number of hydrogen-bond donors (Lipinski definition) is 1. The van der Waals surface area contributed by atoms with E-state index in [-0.39, 0.29) is 11.8 Å². The van der Waals surface area contributed by atoms with Gasteiger partial charge in [-0.05, 0) is 37.8 Å². The summed E-state index contributed by atoms with van der Waals surface area (Å²) in [6, 6.07) is 6.69. The summed E-state index contributed by atoms with van der Waals surface area (Å²) in [5.74, 6) is 3.06. The van der Waals surface area contributed by atoms with Gasteiger partial charge in [0.2, 0.25) is 0 Å². The lowest BCUT2D eigenvalue weighted by Crippen LogP contribution is -2.36. The molecule has 1 aromatic carbocycles. The molecule has 2 rings (SSSR count). The summed E-state index contributed by atoms with van der Waals surface area (Å²) in [7, 11) is 0. The second kappa shape index (κ2) is 6.25. The van der Waals surface area contributed by atoms with Crippen molar-refractivity contribution in [2.24, 2.45) is 5.92 Å². The number of anilines is 1. The second-order valence-electron chi connectivity index (χ2n) is 5.10. The summed E-state index contributed by atoms with van der Waals surface area (Å²) in [6.07, 6.45) is 7.63. The van der Waals surface area contributed by atoms with Crippen LogP contribution in [0.15, 0.2) is 24.3 Å². The van der Waals surface area contributed by atoms with Gasteiger partial charge in [0.25, 0.3) is 0 Å². The summed E-state index contributed by atoms with van der Waals surface area (Å²) >= 11 is 0. The van der Waals surface area contributed by atoms with Gasteiger partial charge in [-0.3, -0.25) is 4.79 Å². The van der Waals surface area contributed by atoms with E-state index in [2.05, 4.69) is 11.2 Å². The van der Waals surface area contributed by atoms with E-state index in [1.165, 1.54) is 6.92 Å². The highest BCUT2D eigenvalue weighted by atomic mass is 16.2. The molecule has 0 unspecified atom stereocenters. The minimum absolute atomic E-state index is 0.0282. The summed E-state index contributed by atoms with van der Waals surface area (Å²) in [5, 5.41) is 2.79. The number of rotatable bonds is 5. The Kier molecular flexibility index (Phi) is 4.41. The van der Waals surface area contributed by atoms with Crippen LogP contribution >= 0.6 is 0 Å². The van der Waals surface area contributed by atoms with Gasteiger partial charge in [-0.15, -0.1) is 6.42 Å². The molecular weight excluding hydrogens is 252 g/mol. The van der Waals surface area contributed by atoms with Crippen LogP contribution < -0.4 is 5.32 Å². The van der Waals surface area contributed by atoms with Gasteiger partial charge in [0.15, 0.2) is 5.78 Å². The molecule has 1 aliphatic rings. The predicted octanol–water partition coefficient (Wildman–Crippen LogP) is 2.77. The lowest BCUT2D eigenvalue weighted by atomic mass is 10.1. The van der Waals surface area contributed by atoms with Gasteiger partial charge >= 0.3 is 6.03 Å². The molecule has 0 aromatic heterocycles. The number of urea groups is 1. The fourth-order valence-corrected chi connectivity index (χ4v) is 1.96. The van der Waals surface area contributed by atoms with E-state index in [0.29, 0.717) is 30.3 Å². The van der Waals surface area contributed by atoms with Gasteiger partial charge in [-0.25, -0.2) is 4.79 Å². The lowest BCUT2D eigenvalue weighted by Gasteiger charge is -2.20. The van der Waals surface area contributed by atoms with Crippen molar-refractivity contribution in [3.8, 4) is 12.3 Å². The minimum atomic E-state index is -0.212. The third kappa shape index (κ3) is 3.86. The normalized spacial score (nSPS) is 13.4. The molecule has 20 heavy (non-hydrogen) atoms. The Morgan fingerprint density at radius 3 is 2.80 bits per heavy atom. The van der Waals surface area contributed by atoms with Crippen molar-refractivity contribution in [1.29, 1.82) is 0 Å². The molecule has 0 saturated heterocycles. The van der Waals surface area contributed by atoms with Gasteiger partial charge in [-0.2, -0.15) is 0 Å². The highest BCUT2D eigenvalue weighted by Crippen LogP contribution is 2.29. The molecule has 0 aliphatic heterocycles. The molecule has 1 saturated carbocycles. The number of nitrogens with one attached hydrogen (secondary N) is 1. The molecule has 104 valence electrons. The van der Waals surface area contributed by atoms with Crippen molar-refractivity contribution < 1.29 is 9.59 Å². The van der Waals surface area contributed by atoms with Crippen LogP contribution in [0.1, 0.15) is 30.1 Å². The molecular formula is C16H18N2O2. The number of hydrogen-bond acceptors (Lipinski definition) is 2. The van der Waals surface area contributed by atoms with Crippen molar-refractivity contribution in [3.63, 3.8) is 0 Å². The summed E-state index contributed by atoms with van der Waals surface area (Å²) in [5.41, 5.74) is 1.19. The topological polar surface area (TPSA) is 49.4 Å². The van der Waals surface area contributed by atoms with Crippen LogP contribution in [-0.2, 0) is 0 Å². The van der Waals surface area contributed by atoms with Crippen LogP contribution in [0.25, 0.3) is 0 Å². The van der Waals surface area contributed by atoms with Crippen molar-refractivity contribution in [3.05, 3.63) is 29.8 Å². The number of carbonyl (C=O) groups is 2. The van der Waals surface area contributed by atoms with Gasteiger partial charge in [0.05, 0.1) is 6.54 Å². The Labute approximate surface area is 119 Å². The van der Waals surface area contributed by atoms with Crippen LogP contribution in [0.2, 0.25) is 0 Å².